The smallest absolute Gasteiger partial charge is 0.144 e. The minimum atomic E-state index is 0.376. The maximum absolute atomic E-state index is 5.51. The molecule has 1 aromatic rings. The molecule has 0 radical (unpaired) electrons. The van der Waals surface area contributed by atoms with Crippen molar-refractivity contribution >= 4 is 23.4 Å². The number of anilines is 2. The van der Waals surface area contributed by atoms with Gasteiger partial charge in [-0.15, -0.1) is 0 Å². The van der Waals surface area contributed by atoms with E-state index >= 15 is 0 Å². The molecule has 1 heterocycles. The van der Waals surface area contributed by atoms with Crippen molar-refractivity contribution < 1.29 is 0 Å². The molecule has 1 saturated carbocycles. The Morgan fingerprint density at radius 2 is 2.06 bits per heavy atom. The first-order valence-corrected chi connectivity index (χ1v) is 7.33. The summed E-state index contributed by atoms with van der Waals surface area (Å²) in [4.78, 5) is 8.26. The largest absolute Gasteiger partial charge is 0.382 e. The van der Waals surface area contributed by atoms with Crippen molar-refractivity contribution in [3.05, 3.63) is 12.4 Å². The third kappa shape index (κ3) is 3.25. The average Bonchev–Trinajstić information content (AvgIpc) is 2.39. The van der Waals surface area contributed by atoms with E-state index in [0.717, 1.165) is 12.4 Å². The summed E-state index contributed by atoms with van der Waals surface area (Å²) in [5, 5.41) is 3.38. The van der Waals surface area contributed by atoms with Gasteiger partial charge in [0, 0.05) is 11.3 Å². The van der Waals surface area contributed by atoms with Gasteiger partial charge >= 0.3 is 0 Å². The van der Waals surface area contributed by atoms with Crippen LogP contribution in [0, 0.1) is 0 Å². The fourth-order valence-corrected chi connectivity index (χ4v) is 3.24. The van der Waals surface area contributed by atoms with Crippen molar-refractivity contribution in [3.63, 3.8) is 0 Å². The number of thioether (sulfide) groups is 1. The van der Waals surface area contributed by atoms with Crippen LogP contribution in [0.15, 0.2) is 12.4 Å². The van der Waals surface area contributed by atoms with Gasteiger partial charge in [0.05, 0.1) is 12.4 Å². The van der Waals surface area contributed by atoms with Crippen LogP contribution in [0.2, 0.25) is 0 Å². The zero-order valence-corrected chi connectivity index (χ0v) is 11.1. The van der Waals surface area contributed by atoms with Gasteiger partial charge in [-0.25, -0.2) is 9.97 Å². The number of nitrogen functional groups attached to an aromatic ring is 1. The fourth-order valence-electron chi connectivity index (χ4n) is 2.33. The highest BCUT2D eigenvalue weighted by Gasteiger charge is 2.30. The first-order chi connectivity index (χ1) is 8.24. The number of nitrogens with two attached hydrogens (primary N) is 1. The zero-order chi connectivity index (χ0) is 12.1. The van der Waals surface area contributed by atoms with Crippen LogP contribution in [0.1, 0.15) is 32.1 Å². The van der Waals surface area contributed by atoms with E-state index in [2.05, 4.69) is 21.5 Å². The maximum atomic E-state index is 5.51. The second-order valence-electron chi connectivity index (χ2n) is 4.63. The Kier molecular flexibility index (Phi) is 4.10. The summed E-state index contributed by atoms with van der Waals surface area (Å²) in [7, 11) is 0. The molecule has 0 atom stereocenters. The van der Waals surface area contributed by atoms with E-state index in [4.69, 9.17) is 5.73 Å². The number of hydrogen-bond acceptors (Lipinski definition) is 5. The lowest BCUT2D eigenvalue weighted by Crippen LogP contribution is -2.35. The molecule has 0 spiro atoms. The number of aromatic nitrogens is 2. The Morgan fingerprint density at radius 1 is 1.29 bits per heavy atom. The van der Waals surface area contributed by atoms with E-state index in [1.54, 1.807) is 12.4 Å². The molecule has 0 aromatic carbocycles. The third-order valence-corrected chi connectivity index (χ3v) is 4.88. The Hall–Kier alpha value is -0.970. The molecule has 0 unspecified atom stereocenters. The Bertz CT molecular complexity index is 346. The summed E-state index contributed by atoms with van der Waals surface area (Å²) in [5.41, 5.74) is 5.51. The molecule has 0 amide bonds. The summed E-state index contributed by atoms with van der Waals surface area (Å²) >= 11 is 1.98. The van der Waals surface area contributed by atoms with Crippen LogP contribution in [0.4, 0.5) is 11.6 Å². The topological polar surface area (TPSA) is 63.8 Å². The van der Waals surface area contributed by atoms with Crippen molar-refractivity contribution in [1.82, 2.24) is 9.97 Å². The van der Waals surface area contributed by atoms with Gasteiger partial charge in [-0.05, 0) is 19.1 Å². The van der Waals surface area contributed by atoms with E-state index in [0.29, 0.717) is 10.6 Å². The molecule has 0 aliphatic heterocycles. The molecule has 0 saturated heterocycles. The highest BCUT2D eigenvalue weighted by molar-refractivity contribution is 8.00. The maximum Gasteiger partial charge on any atom is 0.144 e. The summed E-state index contributed by atoms with van der Waals surface area (Å²) in [6.45, 7) is 0.965. The van der Waals surface area contributed by atoms with Gasteiger partial charge < -0.3 is 11.1 Å². The SMILES string of the molecule is CSC1(CNc2cnc(N)cn2)CCCCC1. The van der Waals surface area contributed by atoms with Gasteiger partial charge in [-0.2, -0.15) is 11.8 Å². The number of nitrogens with zero attached hydrogens (tertiary/aromatic N) is 2. The monoisotopic (exact) mass is 252 g/mol. The van der Waals surface area contributed by atoms with Crippen molar-refractivity contribution in [3.8, 4) is 0 Å². The second-order valence-corrected chi connectivity index (χ2v) is 5.90. The molecule has 2 rings (SSSR count). The molecule has 1 aromatic heterocycles. The summed E-state index contributed by atoms with van der Waals surface area (Å²) in [6, 6.07) is 0. The van der Waals surface area contributed by atoms with Crippen LogP contribution in [0.5, 0.6) is 0 Å². The standard InChI is InChI=1S/C12H20N4S/c1-17-12(5-3-2-4-6-12)9-16-11-8-14-10(13)7-15-11/h7-8H,2-6,9H2,1H3,(H2,13,14)(H,15,16). The van der Waals surface area contributed by atoms with Crippen molar-refractivity contribution in [2.75, 3.05) is 23.9 Å². The molecule has 17 heavy (non-hydrogen) atoms. The zero-order valence-electron chi connectivity index (χ0n) is 10.3. The van der Waals surface area contributed by atoms with E-state index in [1.807, 2.05) is 11.8 Å². The average molecular weight is 252 g/mol. The normalized spacial score (nSPS) is 18.9. The molecule has 1 aliphatic carbocycles. The van der Waals surface area contributed by atoms with E-state index in [-0.39, 0.29) is 0 Å². The quantitative estimate of drug-likeness (QED) is 0.862. The highest BCUT2D eigenvalue weighted by atomic mass is 32.2. The van der Waals surface area contributed by atoms with Gasteiger partial charge in [-0.1, -0.05) is 19.3 Å². The minimum absolute atomic E-state index is 0.376. The van der Waals surface area contributed by atoms with Crippen LogP contribution >= 0.6 is 11.8 Å². The van der Waals surface area contributed by atoms with Crippen molar-refractivity contribution in [2.24, 2.45) is 0 Å². The molecular formula is C12H20N4S. The van der Waals surface area contributed by atoms with Gasteiger partial charge in [0.15, 0.2) is 0 Å². The molecule has 1 aliphatic rings. The summed E-state index contributed by atoms with van der Waals surface area (Å²) in [6.07, 6.45) is 12.2. The van der Waals surface area contributed by atoms with E-state index in [9.17, 15) is 0 Å². The Balaban J connectivity index is 1.93. The van der Waals surface area contributed by atoms with Crippen LogP contribution < -0.4 is 11.1 Å². The number of nitrogens with one attached hydrogen (secondary N) is 1. The first kappa shape index (κ1) is 12.5. The van der Waals surface area contributed by atoms with E-state index in [1.165, 1.54) is 32.1 Å². The van der Waals surface area contributed by atoms with Gasteiger partial charge in [0.1, 0.15) is 11.6 Å². The summed E-state index contributed by atoms with van der Waals surface area (Å²) in [5.74, 6) is 1.28. The molecule has 4 nitrogen and oxygen atoms in total. The molecule has 0 bridgehead atoms. The molecular weight excluding hydrogens is 232 g/mol. The fraction of sp³-hybridized carbons (Fsp3) is 0.667. The summed E-state index contributed by atoms with van der Waals surface area (Å²) < 4.78 is 0.376. The minimum Gasteiger partial charge on any atom is -0.382 e. The molecule has 5 heteroatoms. The van der Waals surface area contributed by atoms with Crippen molar-refractivity contribution in [1.29, 1.82) is 0 Å². The van der Waals surface area contributed by atoms with Crippen molar-refractivity contribution in [2.45, 2.75) is 36.9 Å². The second kappa shape index (κ2) is 5.58. The lowest BCUT2D eigenvalue weighted by atomic mass is 9.88. The predicted octanol–water partition coefficient (Wildman–Crippen LogP) is 2.54. The Labute approximate surface area is 107 Å². The van der Waals surface area contributed by atoms with Crippen LogP contribution in [-0.2, 0) is 0 Å². The van der Waals surface area contributed by atoms with Crippen LogP contribution in [0.3, 0.4) is 0 Å². The van der Waals surface area contributed by atoms with E-state index < -0.39 is 0 Å². The third-order valence-electron chi connectivity index (χ3n) is 3.46. The predicted molar refractivity (Wildman–Crippen MR) is 74.3 cm³/mol. The lowest BCUT2D eigenvalue weighted by Gasteiger charge is -2.35. The Morgan fingerprint density at radius 3 is 2.65 bits per heavy atom. The highest BCUT2D eigenvalue weighted by Crippen LogP contribution is 2.38. The number of rotatable bonds is 4. The van der Waals surface area contributed by atoms with Gasteiger partial charge in [0.2, 0.25) is 0 Å². The number of hydrogen-bond donors (Lipinski definition) is 2. The van der Waals surface area contributed by atoms with Crippen LogP contribution in [0.25, 0.3) is 0 Å². The molecule has 3 N–H and O–H groups in total. The first-order valence-electron chi connectivity index (χ1n) is 6.11. The molecule has 94 valence electrons. The van der Waals surface area contributed by atoms with Gasteiger partial charge in [-0.3, -0.25) is 0 Å². The lowest BCUT2D eigenvalue weighted by molar-refractivity contribution is 0.411. The van der Waals surface area contributed by atoms with Crippen LogP contribution in [-0.4, -0.2) is 27.5 Å². The van der Waals surface area contributed by atoms with Gasteiger partial charge in [0.25, 0.3) is 0 Å². The molecule has 1 fully saturated rings.